The molecule has 0 saturated carbocycles. The average molecular weight is 306 g/mol. The molecule has 0 spiro atoms. The van der Waals surface area contributed by atoms with Crippen molar-refractivity contribution in [3.8, 4) is 0 Å². The Bertz CT molecular complexity index is 627. The van der Waals surface area contributed by atoms with Gasteiger partial charge in [0, 0.05) is 32.1 Å². The topological polar surface area (TPSA) is 50.3 Å². The second kappa shape index (κ2) is 6.15. The number of anilines is 2. The third kappa shape index (κ3) is 2.82. The fourth-order valence-electron chi connectivity index (χ4n) is 2.81. The third-order valence-electron chi connectivity index (χ3n) is 4.01. The van der Waals surface area contributed by atoms with Crippen molar-refractivity contribution in [1.82, 2.24) is 9.97 Å². The molecule has 0 amide bonds. The second-order valence-corrected chi connectivity index (χ2v) is 6.47. The molecular formula is C15H22N4OS. The van der Waals surface area contributed by atoms with Crippen molar-refractivity contribution in [3.05, 3.63) is 10.9 Å². The van der Waals surface area contributed by atoms with Gasteiger partial charge < -0.3 is 15.0 Å². The molecule has 0 radical (unpaired) electrons. The summed E-state index contributed by atoms with van der Waals surface area (Å²) in [5.41, 5.74) is 0. The van der Waals surface area contributed by atoms with E-state index in [9.17, 15) is 0 Å². The quantitative estimate of drug-likeness (QED) is 0.941. The van der Waals surface area contributed by atoms with Crippen LogP contribution in [0.5, 0.6) is 0 Å². The summed E-state index contributed by atoms with van der Waals surface area (Å²) in [6.45, 7) is 4.12. The first-order chi connectivity index (χ1) is 10.2. The first kappa shape index (κ1) is 14.5. The van der Waals surface area contributed by atoms with E-state index in [1.165, 1.54) is 10.3 Å². The van der Waals surface area contributed by atoms with E-state index in [-0.39, 0.29) is 0 Å². The molecule has 0 bridgehead atoms. The first-order valence-corrected chi connectivity index (χ1v) is 8.32. The molecule has 1 saturated heterocycles. The summed E-state index contributed by atoms with van der Waals surface area (Å²) in [5, 5.41) is 4.25. The molecule has 114 valence electrons. The van der Waals surface area contributed by atoms with Gasteiger partial charge in [-0.2, -0.15) is 4.98 Å². The Hall–Kier alpha value is -1.40. The zero-order valence-electron chi connectivity index (χ0n) is 12.8. The minimum absolute atomic E-state index is 0.297. The van der Waals surface area contributed by atoms with Crippen molar-refractivity contribution >= 4 is 33.3 Å². The number of hydrogen-bond acceptors (Lipinski definition) is 6. The summed E-state index contributed by atoms with van der Waals surface area (Å²) >= 11 is 1.76. The van der Waals surface area contributed by atoms with Gasteiger partial charge in [0.2, 0.25) is 5.95 Å². The average Bonchev–Trinajstić information content (AvgIpc) is 2.96. The van der Waals surface area contributed by atoms with Crippen LogP contribution < -0.4 is 10.2 Å². The fraction of sp³-hybridized carbons (Fsp3) is 0.600. The van der Waals surface area contributed by atoms with E-state index < -0.39 is 0 Å². The Balaban J connectivity index is 2.04. The highest BCUT2D eigenvalue weighted by molar-refractivity contribution is 7.18. The van der Waals surface area contributed by atoms with Crippen LogP contribution in [0.2, 0.25) is 0 Å². The van der Waals surface area contributed by atoms with Gasteiger partial charge in [0.1, 0.15) is 10.6 Å². The lowest BCUT2D eigenvalue weighted by atomic mass is 10.1. The summed E-state index contributed by atoms with van der Waals surface area (Å²) in [7, 11) is 3.66. The van der Waals surface area contributed by atoms with Crippen molar-refractivity contribution in [3.63, 3.8) is 0 Å². The maximum Gasteiger partial charge on any atom is 0.225 e. The molecule has 21 heavy (non-hydrogen) atoms. The van der Waals surface area contributed by atoms with Crippen LogP contribution in [0.3, 0.4) is 0 Å². The lowest BCUT2D eigenvalue weighted by Crippen LogP contribution is -2.39. The number of hydrogen-bond donors (Lipinski definition) is 1. The zero-order chi connectivity index (χ0) is 14.8. The van der Waals surface area contributed by atoms with Crippen LogP contribution in [0.4, 0.5) is 11.8 Å². The minimum Gasteiger partial charge on any atom is -0.380 e. The molecule has 5 nitrogen and oxygen atoms in total. The number of ether oxygens (including phenoxy) is 1. The summed E-state index contributed by atoms with van der Waals surface area (Å²) in [6, 6.07) is 2.24. The number of nitrogens with zero attached hydrogens (tertiary/aromatic N) is 3. The summed E-state index contributed by atoms with van der Waals surface area (Å²) in [5.74, 6) is 1.74. The Kier molecular flexibility index (Phi) is 4.26. The Labute approximate surface area is 129 Å². The number of nitrogens with one attached hydrogen (secondary N) is 1. The molecule has 2 aromatic heterocycles. The van der Waals surface area contributed by atoms with Gasteiger partial charge in [0.15, 0.2) is 0 Å². The molecule has 1 atom stereocenters. The molecule has 2 aromatic rings. The number of methoxy groups -OCH3 is 1. The van der Waals surface area contributed by atoms with E-state index in [4.69, 9.17) is 9.72 Å². The highest BCUT2D eigenvalue weighted by atomic mass is 32.1. The maximum atomic E-state index is 5.54. The highest BCUT2D eigenvalue weighted by Crippen LogP contribution is 2.33. The van der Waals surface area contributed by atoms with Gasteiger partial charge in [0.25, 0.3) is 0 Å². The molecule has 0 aromatic carbocycles. The Morgan fingerprint density at radius 2 is 2.33 bits per heavy atom. The number of aryl methyl sites for hydroxylation is 1. The van der Waals surface area contributed by atoms with E-state index in [0.29, 0.717) is 12.1 Å². The van der Waals surface area contributed by atoms with Crippen molar-refractivity contribution in [2.24, 2.45) is 0 Å². The maximum absolute atomic E-state index is 5.54. The van der Waals surface area contributed by atoms with Gasteiger partial charge in [-0.15, -0.1) is 11.3 Å². The van der Waals surface area contributed by atoms with E-state index in [2.05, 4.69) is 28.2 Å². The second-order valence-electron chi connectivity index (χ2n) is 5.35. The normalized spacial score (nSPS) is 19.2. The van der Waals surface area contributed by atoms with Gasteiger partial charge >= 0.3 is 0 Å². The smallest absolute Gasteiger partial charge is 0.225 e. The molecule has 1 aliphatic heterocycles. The molecule has 3 rings (SSSR count). The molecule has 1 aliphatic rings. The summed E-state index contributed by atoms with van der Waals surface area (Å²) in [6.07, 6.45) is 3.61. The molecule has 3 heterocycles. The predicted molar refractivity (Wildman–Crippen MR) is 88.6 cm³/mol. The summed E-state index contributed by atoms with van der Waals surface area (Å²) in [4.78, 5) is 14.1. The molecule has 6 heteroatoms. The van der Waals surface area contributed by atoms with Crippen LogP contribution in [-0.4, -0.2) is 43.3 Å². The zero-order valence-corrected chi connectivity index (χ0v) is 13.7. The highest BCUT2D eigenvalue weighted by Gasteiger charge is 2.23. The molecular weight excluding hydrogens is 284 g/mol. The van der Waals surface area contributed by atoms with Gasteiger partial charge in [-0.05, 0) is 25.3 Å². The molecule has 0 aliphatic carbocycles. The molecule has 1 fully saturated rings. The SMILES string of the molecule is CCc1cc2c(N3CCCC(OC)C3)nc(NC)nc2s1. The van der Waals surface area contributed by atoms with E-state index >= 15 is 0 Å². The fourth-order valence-corrected chi connectivity index (χ4v) is 3.77. The lowest BCUT2D eigenvalue weighted by molar-refractivity contribution is 0.0892. The van der Waals surface area contributed by atoms with Gasteiger partial charge in [-0.3, -0.25) is 0 Å². The predicted octanol–water partition coefficient (Wildman–Crippen LogP) is 2.91. The van der Waals surface area contributed by atoms with Crippen LogP contribution in [-0.2, 0) is 11.2 Å². The van der Waals surface area contributed by atoms with Crippen LogP contribution in [0, 0.1) is 0 Å². The van der Waals surface area contributed by atoms with Gasteiger partial charge in [-0.1, -0.05) is 6.92 Å². The van der Waals surface area contributed by atoms with Crippen LogP contribution in [0.1, 0.15) is 24.6 Å². The Morgan fingerprint density at radius 3 is 3.05 bits per heavy atom. The third-order valence-corrected chi connectivity index (χ3v) is 5.18. The van der Waals surface area contributed by atoms with Crippen molar-refractivity contribution in [2.75, 3.05) is 37.5 Å². The van der Waals surface area contributed by atoms with Crippen molar-refractivity contribution in [1.29, 1.82) is 0 Å². The number of aromatic nitrogens is 2. The number of piperidine rings is 1. The van der Waals surface area contributed by atoms with Crippen LogP contribution >= 0.6 is 11.3 Å². The van der Waals surface area contributed by atoms with Crippen molar-refractivity contribution in [2.45, 2.75) is 32.3 Å². The van der Waals surface area contributed by atoms with E-state index in [1.54, 1.807) is 18.4 Å². The van der Waals surface area contributed by atoms with Crippen molar-refractivity contribution < 1.29 is 4.74 Å². The van der Waals surface area contributed by atoms with E-state index in [0.717, 1.165) is 43.0 Å². The van der Waals surface area contributed by atoms with Gasteiger partial charge in [0.05, 0.1) is 11.5 Å². The van der Waals surface area contributed by atoms with Crippen LogP contribution in [0.25, 0.3) is 10.2 Å². The molecule has 1 unspecified atom stereocenters. The lowest BCUT2D eigenvalue weighted by Gasteiger charge is -2.33. The monoisotopic (exact) mass is 306 g/mol. The van der Waals surface area contributed by atoms with Crippen LogP contribution in [0.15, 0.2) is 6.07 Å². The number of thiophene rings is 1. The number of rotatable bonds is 4. The first-order valence-electron chi connectivity index (χ1n) is 7.51. The van der Waals surface area contributed by atoms with Gasteiger partial charge in [-0.25, -0.2) is 4.98 Å². The summed E-state index contributed by atoms with van der Waals surface area (Å²) < 4.78 is 5.54. The largest absolute Gasteiger partial charge is 0.380 e. The van der Waals surface area contributed by atoms with E-state index in [1.807, 2.05) is 7.05 Å². The Morgan fingerprint density at radius 1 is 1.48 bits per heavy atom. The molecule has 1 N–H and O–H groups in total. The number of fused-ring (bicyclic) bond motifs is 1. The standard InChI is InChI=1S/C15H22N4OS/c1-4-11-8-12-13(17-15(16-2)18-14(12)21-11)19-7-5-6-10(9-19)20-3/h8,10H,4-7,9H2,1-3H3,(H,16,17,18). The minimum atomic E-state index is 0.297.